The molecule has 1 aromatic carbocycles. The Kier molecular flexibility index (Phi) is 3.19. The molecule has 4 nitrogen and oxygen atoms in total. The molecule has 0 fully saturated rings. The van der Waals surface area contributed by atoms with Gasteiger partial charge >= 0.3 is 0 Å². The van der Waals surface area contributed by atoms with Crippen molar-refractivity contribution in [1.82, 2.24) is 10.3 Å². The minimum atomic E-state index is -0.117. The zero-order valence-corrected chi connectivity index (χ0v) is 11.0. The van der Waals surface area contributed by atoms with Crippen molar-refractivity contribution < 1.29 is 9.21 Å². The van der Waals surface area contributed by atoms with Crippen LogP contribution in [0.15, 0.2) is 22.6 Å². The average Bonchev–Trinajstić information content (AvgIpc) is 2.67. The first-order valence-corrected chi connectivity index (χ1v) is 5.80. The Morgan fingerprint density at radius 2 is 2.00 bits per heavy atom. The SMILES string of the molecule is CNC(=O)c1cccc(C)c1-c1nc(C)oc1C. The van der Waals surface area contributed by atoms with Gasteiger partial charge in [0, 0.05) is 25.1 Å². The van der Waals surface area contributed by atoms with Crippen LogP contribution in [0.2, 0.25) is 0 Å². The van der Waals surface area contributed by atoms with Gasteiger partial charge in [-0.3, -0.25) is 4.79 Å². The molecule has 1 heterocycles. The fraction of sp³-hybridized carbons (Fsp3) is 0.286. The Morgan fingerprint density at radius 3 is 2.56 bits per heavy atom. The molecule has 0 aliphatic carbocycles. The lowest BCUT2D eigenvalue weighted by molar-refractivity contribution is 0.0963. The van der Waals surface area contributed by atoms with E-state index in [1.165, 1.54) is 0 Å². The second-order valence-corrected chi connectivity index (χ2v) is 4.21. The van der Waals surface area contributed by atoms with Crippen molar-refractivity contribution in [2.45, 2.75) is 20.8 Å². The molecule has 0 atom stereocenters. The average molecular weight is 244 g/mol. The molecule has 18 heavy (non-hydrogen) atoms. The van der Waals surface area contributed by atoms with Gasteiger partial charge in [-0.25, -0.2) is 4.98 Å². The van der Waals surface area contributed by atoms with Gasteiger partial charge in [-0.1, -0.05) is 12.1 Å². The van der Waals surface area contributed by atoms with E-state index < -0.39 is 0 Å². The van der Waals surface area contributed by atoms with Crippen LogP contribution < -0.4 is 5.32 Å². The van der Waals surface area contributed by atoms with Crippen LogP contribution in [-0.4, -0.2) is 17.9 Å². The summed E-state index contributed by atoms with van der Waals surface area (Å²) >= 11 is 0. The molecule has 0 aliphatic rings. The quantitative estimate of drug-likeness (QED) is 0.883. The second-order valence-electron chi connectivity index (χ2n) is 4.21. The van der Waals surface area contributed by atoms with Crippen LogP contribution in [0.1, 0.15) is 27.6 Å². The molecule has 0 spiro atoms. The maximum Gasteiger partial charge on any atom is 0.251 e. The zero-order chi connectivity index (χ0) is 13.3. The van der Waals surface area contributed by atoms with Crippen molar-refractivity contribution >= 4 is 5.91 Å². The summed E-state index contributed by atoms with van der Waals surface area (Å²) in [6.45, 7) is 5.62. The van der Waals surface area contributed by atoms with Gasteiger partial charge in [-0.05, 0) is 25.5 Å². The first-order valence-electron chi connectivity index (χ1n) is 5.80. The molecule has 94 valence electrons. The summed E-state index contributed by atoms with van der Waals surface area (Å²) in [6.07, 6.45) is 0. The minimum Gasteiger partial charge on any atom is -0.446 e. The number of hydrogen-bond acceptors (Lipinski definition) is 3. The van der Waals surface area contributed by atoms with Crippen LogP contribution in [0.3, 0.4) is 0 Å². The molecule has 0 radical (unpaired) electrons. The van der Waals surface area contributed by atoms with E-state index in [4.69, 9.17) is 4.42 Å². The molecule has 2 aromatic rings. The Balaban J connectivity index is 2.69. The summed E-state index contributed by atoms with van der Waals surface area (Å²) in [5.74, 6) is 1.22. The third-order valence-corrected chi connectivity index (χ3v) is 2.88. The largest absolute Gasteiger partial charge is 0.446 e. The highest BCUT2D eigenvalue weighted by atomic mass is 16.4. The van der Waals surface area contributed by atoms with Crippen LogP contribution in [0, 0.1) is 20.8 Å². The Labute approximate surface area is 106 Å². The summed E-state index contributed by atoms with van der Waals surface area (Å²) in [5.41, 5.74) is 3.21. The first kappa shape index (κ1) is 12.4. The van der Waals surface area contributed by atoms with Crippen molar-refractivity contribution in [2.75, 3.05) is 7.05 Å². The van der Waals surface area contributed by atoms with Crippen LogP contribution in [0.25, 0.3) is 11.3 Å². The van der Waals surface area contributed by atoms with E-state index in [1.807, 2.05) is 26.0 Å². The smallest absolute Gasteiger partial charge is 0.251 e. The Bertz CT molecular complexity index is 600. The topological polar surface area (TPSA) is 55.1 Å². The fourth-order valence-corrected chi connectivity index (χ4v) is 2.07. The first-order chi connectivity index (χ1) is 8.54. The molecule has 0 unspecified atom stereocenters. The van der Waals surface area contributed by atoms with Crippen LogP contribution in [0.5, 0.6) is 0 Å². The monoisotopic (exact) mass is 244 g/mol. The number of oxazole rings is 1. The predicted octanol–water partition coefficient (Wildman–Crippen LogP) is 2.63. The van der Waals surface area contributed by atoms with E-state index in [9.17, 15) is 4.79 Å². The molecule has 1 amide bonds. The number of hydrogen-bond donors (Lipinski definition) is 1. The van der Waals surface area contributed by atoms with Gasteiger partial charge in [-0.15, -0.1) is 0 Å². The van der Waals surface area contributed by atoms with Crippen molar-refractivity contribution in [1.29, 1.82) is 0 Å². The molecular formula is C14H16N2O2. The minimum absolute atomic E-state index is 0.117. The molecule has 4 heteroatoms. The number of nitrogens with zero attached hydrogens (tertiary/aromatic N) is 1. The van der Waals surface area contributed by atoms with Gasteiger partial charge in [0.25, 0.3) is 5.91 Å². The zero-order valence-electron chi connectivity index (χ0n) is 11.0. The molecule has 0 aliphatic heterocycles. The second kappa shape index (κ2) is 4.64. The van der Waals surface area contributed by atoms with Gasteiger partial charge in [0.15, 0.2) is 5.89 Å². The number of rotatable bonds is 2. The van der Waals surface area contributed by atoms with E-state index in [2.05, 4.69) is 10.3 Å². The predicted molar refractivity (Wildman–Crippen MR) is 69.5 cm³/mol. The van der Waals surface area contributed by atoms with E-state index in [-0.39, 0.29) is 5.91 Å². The molecule has 1 N–H and O–H groups in total. The van der Waals surface area contributed by atoms with Gasteiger partial charge in [0.2, 0.25) is 0 Å². The molecule has 0 saturated carbocycles. The van der Waals surface area contributed by atoms with Crippen molar-refractivity contribution in [3.05, 3.63) is 41.0 Å². The number of nitrogens with one attached hydrogen (secondary N) is 1. The normalized spacial score (nSPS) is 10.4. The number of aryl methyl sites for hydroxylation is 3. The Morgan fingerprint density at radius 1 is 1.28 bits per heavy atom. The molecule has 0 saturated heterocycles. The molecule has 1 aromatic heterocycles. The summed E-state index contributed by atoms with van der Waals surface area (Å²) in [7, 11) is 1.62. The van der Waals surface area contributed by atoms with Gasteiger partial charge < -0.3 is 9.73 Å². The van der Waals surface area contributed by atoms with Crippen molar-refractivity contribution in [3.8, 4) is 11.3 Å². The maximum absolute atomic E-state index is 11.9. The number of benzene rings is 1. The van der Waals surface area contributed by atoms with Gasteiger partial charge in [0.05, 0.1) is 0 Å². The van der Waals surface area contributed by atoms with Gasteiger partial charge in [0.1, 0.15) is 11.5 Å². The lowest BCUT2D eigenvalue weighted by Crippen LogP contribution is -2.19. The molecule has 2 rings (SSSR count). The van der Waals surface area contributed by atoms with Crippen molar-refractivity contribution in [3.63, 3.8) is 0 Å². The highest BCUT2D eigenvalue weighted by Gasteiger charge is 2.18. The third kappa shape index (κ3) is 2.01. The van der Waals surface area contributed by atoms with Gasteiger partial charge in [-0.2, -0.15) is 0 Å². The highest BCUT2D eigenvalue weighted by Crippen LogP contribution is 2.29. The van der Waals surface area contributed by atoms with Crippen molar-refractivity contribution in [2.24, 2.45) is 0 Å². The fourth-order valence-electron chi connectivity index (χ4n) is 2.07. The van der Waals surface area contributed by atoms with Crippen LogP contribution in [-0.2, 0) is 0 Å². The van der Waals surface area contributed by atoms with E-state index >= 15 is 0 Å². The molecule has 0 bridgehead atoms. The number of amides is 1. The maximum atomic E-state index is 11.9. The number of aromatic nitrogens is 1. The van der Waals surface area contributed by atoms with E-state index in [1.54, 1.807) is 20.0 Å². The summed E-state index contributed by atoms with van der Waals surface area (Å²) in [6, 6.07) is 5.63. The van der Waals surface area contributed by atoms with Crippen LogP contribution in [0.4, 0.5) is 0 Å². The number of carbonyl (C=O) groups is 1. The highest BCUT2D eigenvalue weighted by molar-refractivity contribution is 6.01. The van der Waals surface area contributed by atoms with Crippen LogP contribution >= 0.6 is 0 Å². The summed E-state index contributed by atoms with van der Waals surface area (Å²) in [5, 5.41) is 2.65. The number of carbonyl (C=O) groups excluding carboxylic acids is 1. The Hall–Kier alpha value is -2.10. The lowest BCUT2D eigenvalue weighted by Gasteiger charge is -2.09. The summed E-state index contributed by atoms with van der Waals surface area (Å²) in [4.78, 5) is 16.3. The van der Waals surface area contributed by atoms with E-state index in [0.29, 0.717) is 11.5 Å². The summed E-state index contributed by atoms with van der Waals surface area (Å²) < 4.78 is 5.45. The standard InChI is InChI=1S/C14H16N2O2/c1-8-6-5-7-11(14(17)15-4)12(8)13-9(2)18-10(3)16-13/h5-7H,1-4H3,(H,15,17). The lowest BCUT2D eigenvalue weighted by atomic mass is 9.98. The molecular weight excluding hydrogens is 228 g/mol. The third-order valence-electron chi connectivity index (χ3n) is 2.88. The van der Waals surface area contributed by atoms with E-state index in [0.717, 1.165) is 22.6 Å².